The Bertz CT molecular complexity index is 481. The molecule has 6 heteroatoms. The summed E-state index contributed by atoms with van der Waals surface area (Å²) < 4.78 is 5.19. The highest BCUT2D eigenvalue weighted by atomic mass is 16.6. The first-order chi connectivity index (χ1) is 9.51. The van der Waals surface area contributed by atoms with Crippen LogP contribution in [0.2, 0.25) is 0 Å². The van der Waals surface area contributed by atoms with Crippen LogP contribution in [-0.4, -0.2) is 40.7 Å². The largest absolute Gasteiger partial charge is 0.445 e. The van der Waals surface area contributed by atoms with E-state index < -0.39 is 17.6 Å². The predicted octanol–water partition coefficient (Wildman–Crippen LogP) is 0.635. The van der Waals surface area contributed by atoms with Gasteiger partial charge in [0, 0.05) is 25.9 Å². The molecule has 20 heavy (non-hydrogen) atoms. The van der Waals surface area contributed by atoms with Crippen molar-refractivity contribution in [1.82, 2.24) is 4.90 Å². The van der Waals surface area contributed by atoms with Crippen molar-refractivity contribution in [2.75, 3.05) is 13.1 Å². The predicted molar refractivity (Wildman–Crippen MR) is 71.6 cm³/mol. The SMILES string of the molecule is NC(=O)C1(O)CCN(C(=O)OCc2ccccc2)CC1. The van der Waals surface area contributed by atoms with Crippen molar-refractivity contribution in [1.29, 1.82) is 0 Å². The van der Waals surface area contributed by atoms with Gasteiger partial charge in [-0.1, -0.05) is 30.3 Å². The van der Waals surface area contributed by atoms with Crippen LogP contribution in [0.15, 0.2) is 30.3 Å². The fraction of sp³-hybridized carbons (Fsp3) is 0.429. The van der Waals surface area contributed by atoms with Crippen molar-refractivity contribution in [3.63, 3.8) is 0 Å². The summed E-state index contributed by atoms with van der Waals surface area (Å²) in [6.07, 6.45) is -0.161. The lowest BCUT2D eigenvalue weighted by molar-refractivity contribution is -0.140. The molecule has 2 amide bonds. The minimum absolute atomic E-state index is 0.142. The van der Waals surface area contributed by atoms with E-state index in [1.165, 1.54) is 4.90 Å². The monoisotopic (exact) mass is 278 g/mol. The molecule has 2 rings (SSSR count). The summed E-state index contributed by atoms with van der Waals surface area (Å²) >= 11 is 0. The van der Waals surface area contributed by atoms with Crippen molar-refractivity contribution >= 4 is 12.0 Å². The number of aliphatic hydroxyl groups is 1. The van der Waals surface area contributed by atoms with Crippen LogP contribution in [0.25, 0.3) is 0 Å². The van der Waals surface area contributed by atoms with Gasteiger partial charge in [-0.25, -0.2) is 4.79 Å². The molecule has 0 aromatic heterocycles. The summed E-state index contributed by atoms with van der Waals surface area (Å²) in [5.41, 5.74) is 4.54. The lowest BCUT2D eigenvalue weighted by atomic mass is 9.91. The number of hydrogen-bond donors (Lipinski definition) is 2. The van der Waals surface area contributed by atoms with Gasteiger partial charge in [-0.3, -0.25) is 4.79 Å². The third kappa shape index (κ3) is 3.27. The van der Waals surface area contributed by atoms with Crippen LogP contribution in [0.4, 0.5) is 4.79 Å². The minimum Gasteiger partial charge on any atom is -0.445 e. The van der Waals surface area contributed by atoms with Crippen LogP contribution >= 0.6 is 0 Å². The molecular weight excluding hydrogens is 260 g/mol. The van der Waals surface area contributed by atoms with Crippen LogP contribution < -0.4 is 5.73 Å². The molecule has 108 valence electrons. The normalized spacial score (nSPS) is 17.6. The molecule has 0 aliphatic carbocycles. The van der Waals surface area contributed by atoms with Crippen LogP contribution in [-0.2, 0) is 16.1 Å². The molecule has 0 saturated carbocycles. The number of primary amides is 1. The van der Waals surface area contributed by atoms with Crippen molar-refractivity contribution in [3.8, 4) is 0 Å². The third-order valence-electron chi connectivity index (χ3n) is 3.51. The van der Waals surface area contributed by atoms with Crippen LogP contribution in [0.3, 0.4) is 0 Å². The van der Waals surface area contributed by atoms with E-state index in [0.29, 0.717) is 0 Å². The Morgan fingerprint density at radius 3 is 2.40 bits per heavy atom. The summed E-state index contributed by atoms with van der Waals surface area (Å²) in [5.74, 6) is -0.741. The maximum atomic E-state index is 11.9. The molecule has 1 aromatic rings. The van der Waals surface area contributed by atoms with E-state index >= 15 is 0 Å². The van der Waals surface area contributed by atoms with E-state index in [1.54, 1.807) is 0 Å². The maximum Gasteiger partial charge on any atom is 0.410 e. The van der Waals surface area contributed by atoms with Crippen molar-refractivity contribution < 1.29 is 19.4 Å². The number of carbonyl (C=O) groups is 2. The number of likely N-dealkylation sites (tertiary alicyclic amines) is 1. The second-order valence-electron chi connectivity index (χ2n) is 4.92. The summed E-state index contributed by atoms with van der Waals surface area (Å²) in [4.78, 5) is 24.4. The molecule has 3 N–H and O–H groups in total. The number of rotatable bonds is 3. The first-order valence-electron chi connectivity index (χ1n) is 6.49. The number of hydrogen-bond acceptors (Lipinski definition) is 4. The van der Waals surface area contributed by atoms with Gasteiger partial charge in [0.25, 0.3) is 0 Å². The summed E-state index contributed by atoms with van der Waals surface area (Å²) in [5, 5.41) is 9.90. The summed E-state index contributed by atoms with van der Waals surface area (Å²) in [7, 11) is 0. The minimum atomic E-state index is -1.50. The first kappa shape index (κ1) is 14.3. The average Bonchev–Trinajstić information content (AvgIpc) is 2.46. The van der Waals surface area contributed by atoms with Gasteiger partial charge in [-0.15, -0.1) is 0 Å². The van der Waals surface area contributed by atoms with Gasteiger partial charge >= 0.3 is 6.09 Å². The lowest BCUT2D eigenvalue weighted by Crippen LogP contribution is -2.53. The van der Waals surface area contributed by atoms with Gasteiger partial charge in [-0.05, 0) is 5.56 Å². The molecule has 0 atom stereocenters. The molecule has 1 heterocycles. The van der Waals surface area contributed by atoms with E-state index in [1.807, 2.05) is 30.3 Å². The Hall–Kier alpha value is -2.08. The van der Waals surface area contributed by atoms with Crippen LogP contribution in [0.5, 0.6) is 0 Å². The van der Waals surface area contributed by atoms with Crippen LogP contribution in [0, 0.1) is 0 Å². The molecule has 1 aliphatic rings. The Kier molecular flexibility index (Phi) is 4.24. The zero-order valence-electron chi connectivity index (χ0n) is 11.1. The Morgan fingerprint density at radius 1 is 1.25 bits per heavy atom. The third-order valence-corrected chi connectivity index (χ3v) is 3.51. The Labute approximate surface area is 117 Å². The maximum absolute atomic E-state index is 11.9. The van der Waals surface area contributed by atoms with Crippen LogP contribution in [0.1, 0.15) is 18.4 Å². The average molecular weight is 278 g/mol. The number of nitrogens with zero attached hydrogens (tertiary/aromatic N) is 1. The van der Waals surface area contributed by atoms with E-state index in [-0.39, 0.29) is 32.5 Å². The molecule has 1 aliphatic heterocycles. The lowest BCUT2D eigenvalue weighted by Gasteiger charge is -2.35. The number of carbonyl (C=O) groups excluding carboxylic acids is 2. The fourth-order valence-electron chi connectivity index (χ4n) is 2.12. The molecule has 1 saturated heterocycles. The van der Waals surface area contributed by atoms with Crippen molar-refractivity contribution in [2.24, 2.45) is 5.73 Å². The van der Waals surface area contributed by atoms with E-state index in [2.05, 4.69) is 0 Å². The van der Waals surface area contributed by atoms with Crippen molar-refractivity contribution in [3.05, 3.63) is 35.9 Å². The molecule has 1 fully saturated rings. The Morgan fingerprint density at radius 2 is 1.85 bits per heavy atom. The number of amides is 2. The van der Waals surface area contributed by atoms with Gasteiger partial charge in [0.1, 0.15) is 12.2 Å². The molecule has 6 nitrogen and oxygen atoms in total. The quantitative estimate of drug-likeness (QED) is 0.848. The zero-order chi connectivity index (χ0) is 14.6. The molecule has 0 spiro atoms. The number of nitrogens with two attached hydrogens (primary N) is 1. The van der Waals surface area contributed by atoms with Gasteiger partial charge in [-0.2, -0.15) is 0 Å². The standard InChI is InChI=1S/C14H18N2O4/c15-12(17)14(19)6-8-16(9-7-14)13(18)20-10-11-4-2-1-3-5-11/h1-5,19H,6-10H2,(H2,15,17). The van der Waals surface area contributed by atoms with Gasteiger partial charge < -0.3 is 20.5 Å². The smallest absolute Gasteiger partial charge is 0.410 e. The summed E-state index contributed by atoms with van der Waals surface area (Å²) in [6.45, 7) is 0.719. The molecular formula is C14H18N2O4. The number of piperidine rings is 1. The van der Waals surface area contributed by atoms with Gasteiger partial charge in [0.2, 0.25) is 5.91 Å². The van der Waals surface area contributed by atoms with E-state index in [4.69, 9.17) is 10.5 Å². The highest BCUT2D eigenvalue weighted by Gasteiger charge is 2.39. The highest BCUT2D eigenvalue weighted by Crippen LogP contribution is 2.22. The van der Waals surface area contributed by atoms with E-state index in [0.717, 1.165) is 5.56 Å². The number of benzene rings is 1. The second-order valence-corrected chi connectivity index (χ2v) is 4.92. The molecule has 1 aromatic carbocycles. The van der Waals surface area contributed by atoms with E-state index in [9.17, 15) is 14.7 Å². The zero-order valence-corrected chi connectivity index (χ0v) is 11.1. The second kappa shape index (κ2) is 5.92. The van der Waals surface area contributed by atoms with Gasteiger partial charge in [0.15, 0.2) is 0 Å². The topological polar surface area (TPSA) is 92.9 Å². The molecule has 0 bridgehead atoms. The van der Waals surface area contributed by atoms with Gasteiger partial charge in [0.05, 0.1) is 0 Å². The number of ether oxygens (including phenoxy) is 1. The highest BCUT2D eigenvalue weighted by molar-refractivity contribution is 5.83. The molecule has 0 radical (unpaired) electrons. The first-order valence-corrected chi connectivity index (χ1v) is 6.49. The Balaban J connectivity index is 1.82. The molecule has 0 unspecified atom stereocenters. The summed E-state index contributed by atoms with van der Waals surface area (Å²) in [6, 6.07) is 9.37. The fourth-order valence-corrected chi connectivity index (χ4v) is 2.12. The van der Waals surface area contributed by atoms with Crippen molar-refractivity contribution in [2.45, 2.75) is 25.0 Å².